The summed E-state index contributed by atoms with van der Waals surface area (Å²) < 4.78 is 53.1. The number of nitrogens with one attached hydrogen (secondary N) is 6. The van der Waals surface area contributed by atoms with Gasteiger partial charge < -0.3 is 30.3 Å². The predicted octanol–water partition coefficient (Wildman–Crippen LogP) is 15.4. The zero-order chi connectivity index (χ0) is 57.3. The number of hydrazine groups is 2. The summed E-state index contributed by atoms with van der Waals surface area (Å²) in [5.74, 6) is -1.92. The highest BCUT2D eigenvalue weighted by atomic mass is 35.5. The van der Waals surface area contributed by atoms with Crippen LogP contribution in [-0.2, 0) is 28.6 Å². The summed E-state index contributed by atoms with van der Waals surface area (Å²) in [6.45, 7) is 8.02. The van der Waals surface area contributed by atoms with Gasteiger partial charge in [0.1, 0.15) is 45.9 Å². The van der Waals surface area contributed by atoms with Gasteiger partial charge in [0, 0.05) is 71.4 Å². The first kappa shape index (κ1) is 58.3. The number of anilines is 4. The molecule has 0 saturated carbocycles. The van der Waals surface area contributed by atoms with Gasteiger partial charge in [-0.05, 0) is 146 Å². The molecule has 0 aliphatic carbocycles. The van der Waals surface area contributed by atoms with Crippen LogP contribution in [0, 0.1) is 20.8 Å². The van der Waals surface area contributed by atoms with E-state index >= 15 is 0 Å². The average molecular weight is 1160 g/mol. The third-order valence-electron chi connectivity index (χ3n) is 11.7. The predicted molar refractivity (Wildman–Crippen MR) is 302 cm³/mol. The van der Waals surface area contributed by atoms with E-state index in [0.717, 1.165) is 23.3 Å². The van der Waals surface area contributed by atoms with Crippen molar-refractivity contribution in [2.45, 2.75) is 53.6 Å². The number of aliphatic hydroxyl groups is 2. The number of aliphatic hydroxyl groups excluding tert-OH is 2. The molecule has 0 aliphatic rings. The minimum absolute atomic E-state index is 0.0294. The van der Waals surface area contributed by atoms with Crippen LogP contribution in [-0.4, -0.2) is 33.6 Å². The summed E-state index contributed by atoms with van der Waals surface area (Å²) in [4.78, 5) is 52.1. The number of halogens is 7. The van der Waals surface area contributed by atoms with Crippen LogP contribution in [0.25, 0.3) is 0 Å². The van der Waals surface area contributed by atoms with E-state index in [9.17, 15) is 42.6 Å². The van der Waals surface area contributed by atoms with Gasteiger partial charge in [-0.2, -0.15) is 13.2 Å². The Labute approximate surface area is 472 Å². The fourth-order valence-electron chi connectivity index (χ4n) is 7.71. The molecule has 7 aromatic rings. The van der Waals surface area contributed by atoms with Gasteiger partial charge in [-0.1, -0.05) is 70.2 Å². The van der Waals surface area contributed by atoms with E-state index in [-0.39, 0.29) is 84.8 Å². The van der Waals surface area contributed by atoms with Gasteiger partial charge >= 0.3 is 6.18 Å². The van der Waals surface area contributed by atoms with E-state index in [1.54, 1.807) is 31.2 Å². The van der Waals surface area contributed by atoms with E-state index < -0.39 is 40.9 Å². The van der Waals surface area contributed by atoms with Crippen molar-refractivity contribution in [3.63, 3.8) is 0 Å². The van der Waals surface area contributed by atoms with Crippen LogP contribution in [0.4, 0.5) is 35.9 Å². The second-order valence-corrected chi connectivity index (χ2v) is 19.7. The van der Waals surface area contributed by atoms with Crippen molar-refractivity contribution >= 4 is 92.5 Å². The van der Waals surface area contributed by atoms with E-state index in [1.165, 1.54) is 80.6 Å². The molecule has 408 valence electrons. The molecule has 0 aliphatic heterocycles. The Kier molecular flexibility index (Phi) is 18.8. The molecule has 0 atom stereocenters. The lowest BCUT2D eigenvalue weighted by Crippen LogP contribution is -2.27. The largest absolute Gasteiger partial charge is 0.510 e. The monoisotopic (exact) mass is 1150 g/mol. The van der Waals surface area contributed by atoms with Crippen molar-refractivity contribution < 1.29 is 52.0 Å². The molecular weight excluding hydrogens is 1110 g/mol. The lowest BCUT2D eigenvalue weighted by atomic mass is 9.98. The van der Waals surface area contributed by atoms with E-state index in [0.29, 0.717) is 38.9 Å². The van der Waals surface area contributed by atoms with Crippen LogP contribution in [0.15, 0.2) is 156 Å². The summed E-state index contributed by atoms with van der Waals surface area (Å²) in [6.07, 6.45) is -5.15. The Morgan fingerprint density at radius 2 is 0.975 bits per heavy atom. The Morgan fingerprint density at radius 1 is 0.506 bits per heavy atom. The molecule has 0 fully saturated rings. The lowest BCUT2D eigenvalue weighted by Gasteiger charge is -2.17. The molecule has 0 unspecified atom stereocenters. The van der Waals surface area contributed by atoms with Crippen molar-refractivity contribution in [1.82, 2.24) is 10.9 Å². The second-order valence-electron chi connectivity index (χ2n) is 18.0. The molecule has 8 N–H and O–H groups in total. The van der Waals surface area contributed by atoms with Gasteiger partial charge in [-0.25, -0.2) is 0 Å². The van der Waals surface area contributed by atoms with Crippen molar-refractivity contribution in [3.05, 3.63) is 221 Å². The highest BCUT2D eigenvalue weighted by Crippen LogP contribution is 2.37. The van der Waals surface area contributed by atoms with E-state index in [1.807, 2.05) is 44.2 Å². The molecule has 7 aromatic carbocycles. The molecule has 2 amide bonds. The van der Waals surface area contributed by atoms with Crippen LogP contribution in [0.1, 0.15) is 67.9 Å². The number of hydrogen-bond donors (Lipinski definition) is 8. The first-order valence-electron chi connectivity index (χ1n) is 23.8. The number of benzene rings is 7. The van der Waals surface area contributed by atoms with Crippen molar-refractivity contribution in [2.75, 3.05) is 21.5 Å². The molecular formula is C58H49Cl4F3N6O8. The maximum atomic E-state index is 13.8. The first-order chi connectivity index (χ1) is 37.4. The van der Waals surface area contributed by atoms with Gasteiger partial charge in [-0.3, -0.25) is 40.9 Å². The number of Topliss-reactive ketones (excluding diaryl/α,β-unsaturated/α-hetero) is 2. The molecule has 0 bridgehead atoms. The summed E-state index contributed by atoms with van der Waals surface area (Å²) >= 11 is 25.7. The zero-order valence-corrected chi connectivity index (χ0v) is 45.6. The van der Waals surface area contributed by atoms with Crippen molar-refractivity contribution in [3.8, 4) is 23.0 Å². The minimum Gasteiger partial charge on any atom is -0.510 e. The standard InChI is InChI=1S/C58H49Cl4F3N6O8/c1-30-6-12-43(13-7-30)78-45-19-31(2)18-41(28-45)66-56(76)35-8-16-51(48(61)21-35)69-71-55(34(5)73)53(75)25-38-20-32(3)37(23-47(38)60)24-52(74)54(33(4)72)70-68-50-17-9-36(22-49(50)62)57(77)67-42-26-39(58(63,64)65)27-46(29-42)79-44-14-10-40(59)11-15-44/h6-23,26-29,68-71,74-75H,24-25H2,1-5H3,(H,66,76)(H,67,77)/b54-52-,55-53-. The van der Waals surface area contributed by atoms with Crippen LogP contribution < -0.4 is 41.8 Å². The van der Waals surface area contributed by atoms with Crippen LogP contribution in [0.3, 0.4) is 0 Å². The Morgan fingerprint density at radius 3 is 1.46 bits per heavy atom. The van der Waals surface area contributed by atoms with Crippen molar-refractivity contribution in [1.29, 1.82) is 0 Å². The quantitative estimate of drug-likeness (QED) is 0.0204. The minimum atomic E-state index is -4.77. The zero-order valence-electron chi connectivity index (χ0n) is 42.6. The van der Waals surface area contributed by atoms with Gasteiger partial charge in [-0.15, -0.1) is 0 Å². The topological polar surface area (TPSA) is 199 Å². The normalized spacial score (nSPS) is 11.8. The number of amides is 2. The van der Waals surface area contributed by atoms with Crippen LogP contribution in [0.5, 0.6) is 23.0 Å². The lowest BCUT2D eigenvalue weighted by molar-refractivity contribution is -0.137. The molecule has 0 spiro atoms. The molecule has 7 rings (SSSR count). The molecule has 21 heteroatoms. The summed E-state index contributed by atoms with van der Waals surface area (Å²) in [5.41, 5.74) is 13.8. The Bertz CT molecular complexity index is 3560. The highest BCUT2D eigenvalue weighted by Gasteiger charge is 2.32. The average Bonchev–Trinajstić information content (AvgIpc) is 3.38. The number of rotatable bonds is 20. The fraction of sp³-hybridized carbons (Fsp3) is 0.138. The molecule has 0 radical (unpaired) electrons. The van der Waals surface area contributed by atoms with Gasteiger partial charge in [0.15, 0.2) is 11.6 Å². The molecule has 14 nitrogen and oxygen atoms in total. The number of hydrogen-bond acceptors (Lipinski definition) is 12. The van der Waals surface area contributed by atoms with Crippen molar-refractivity contribution in [2.24, 2.45) is 0 Å². The second kappa shape index (κ2) is 25.4. The molecule has 0 heterocycles. The Hall–Kier alpha value is -8.35. The maximum Gasteiger partial charge on any atom is 0.416 e. The van der Waals surface area contributed by atoms with E-state index in [4.69, 9.17) is 55.9 Å². The number of carbonyl (C=O) groups excluding carboxylic acids is 4. The molecule has 0 saturated heterocycles. The summed E-state index contributed by atoms with van der Waals surface area (Å²) in [7, 11) is 0. The smallest absolute Gasteiger partial charge is 0.416 e. The van der Waals surface area contributed by atoms with E-state index in [2.05, 4.69) is 32.3 Å². The number of aryl methyl sites for hydroxylation is 3. The van der Waals surface area contributed by atoms with Gasteiger partial charge in [0.2, 0.25) is 0 Å². The summed E-state index contributed by atoms with van der Waals surface area (Å²) in [6, 6.07) is 33.3. The fourth-order valence-corrected chi connectivity index (χ4v) is 8.54. The third kappa shape index (κ3) is 15.9. The number of ketones is 2. The van der Waals surface area contributed by atoms with Crippen LogP contribution >= 0.6 is 46.4 Å². The first-order valence-corrected chi connectivity index (χ1v) is 25.3. The van der Waals surface area contributed by atoms with Crippen LogP contribution in [0.2, 0.25) is 20.1 Å². The number of allylic oxidation sites excluding steroid dienone is 4. The maximum absolute atomic E-state index is 13.8. The third-order valence-corrected chi connectivity index (χ3v) is 12.9. The SMILES string of the molecule is CC(=O)/C(NNc1ccc(C(=O)Nc2cc(Oc3ccc(Cl)cc3)cc(C(F)(F)F)c2)cc1Cl)=C(/O)Cc1cc(Cl)c(C/C(O)=C(/NNc2ccc(C(=O)Nc3cc(C)cc(Oc4ccc(C)cc4)c3)cc2Cl)C(C)=O)cc1C. The highest BCUT2D eigenvalue weighted by molar-refractivity contribution is 6.34. The van der Waals surface area contributed by atoms with Gasteiger partial charge in [0.05, 0.1) is 27.0 Å². The summed E-state index contributed by atoms with van der Waals surface area (Å²) in [5, 5.41) is 28.4. The number of alkyl halides is 3. The van der Waals surface area contributed by atoms with Gasteiger partial charge in [0.25, 0.3) is 11.8 Å². The molecule has 79 heavy (non-hydrogen) atoms. The number of carbonyl (C=O) groups is 4. The Balaban J connectivity index is 0.964. The molecule has 0 aromatic heterocycles. The number of ether oxygens (including phenoxy) is 2.